The van der Waals surface area contributed by atoms with Crippen molar-refractivity contribution in [3.8, 4) is 0 Å². The molecule has 1 heterocycles. The molecule has 0 saturated carbocycles. The second-order valence-electron chi connectivity index (χ2n) is 5.00. The van der Waals surface area contributed by atoms with E-state index in [0.717, 1.165) is 12.1 Å². The van der Waals surface area contributed by atoms with Crippen molar-refractivity contribution in [3.63, 3.8) is 0 Å². The summed E-state index contributed by atoms with van der Waals surface area (Å²) in [5, 5.41) is 8.55. The topological polar surface area (TPSA) is 79.5 Å². The van der Waals surface area contributed by atoms with Gasteiger partial charge in [-0.25, -0.2) is 0 Å². The van der Waals surface area contributed by atoms with Crippen molar-refractivity contribution in [2.45, 2.75) is 25.6 Å². The van der Waals surface area contributed by atoms with E-state index in [0.29, 0.717) is 19.7 Å². The number of carbonyl (C=O) groups excluding carboxylic acids is 2. The van der Waals surface area contributed by atoms with Crippen LogP contribution in [0.4, 0.5) is 0 Å². The summed E-state index contributed by atoms with van der Waals surface area (Å²) in [6.45, 7) is 3.84. The molecule has 3 N–H and O–H groups in total. The van der Waals surface area contributed by atoms with Gasteiger partial charge in [-0.15, -0.1) is 12.4 Å². The van der Waals surface area contributed by atoms with Crippen LogP contribution < -0.4 is 16.0 Å². The zero-order chi connectivity index (χ0) is 15.1. The fourth-order valence-electron chi connectivity index (χ4n) is 2.04. The Morgan fingerprint density at radius 3 is 2.73 bits per heavy atom. The second kappa shape index (κ2) is 9.40. The molecule has 1 aromatic carbocycles. The van der Waals surface area contributed by atoms with E-state index in [1.807, 2.05) is 30.3 Å². The van der Waals surface area contributed by atoms with Crippen LogP contribution in [0.3, 0.4) is 0 Å². The van der Waals surface area contributed by atoms with Crippen LogP contribution >= 0.6 is 12.4 Å². The summed E-state index contributed by atoms with van der Waals surface area (Å²) < 4.78 is 5.34. The zero-order valence-corrected chi connectivity index (χ0v) is 13.3. The number of ether oxygens (including phenoxy) is 1. The van der Waals surface area contributed by atoms with Crippen LogP contribution in [0.25, 0.3) is 0 Å². The SMILES string of the molecule is CC(NC(=O)C1CNCCO1)C(=O)NCc1ccccc1.Cl. The summed E-state index contributed by atoms with van der Waals surface area (Å²) in [7, 11) is 0. The minimum Gasteiger partial charge on any atom is -0.366 e. The smallest absolute Gasteiger partial charge is 0.251 e. The first kappa shape index (κ1) is 18.4. The summed E-state index contributed by atoms with van der Waals surface area (Å²) >= 11 is 0. The molecule has 2 atom stereocenters. The number of hydrogen-bond donors (Lipinski definition) is 3. The molecule has 1 aliphatic heterocycles. The minimum absolute atomic E-state index is 0. The molecule has 2 amide bonds. The molecule has 6 nitrogen and oxygen atoms in total. The number of hydrogen-bond acceptors (Lipinski definition) is 4. The van der Waals surface area contributed by atoms with Crippen LogP contribution in [0, 0.1) is 0 Å². The molecular formula is C15H22ClN3O3. The molecule has 0 aromatic heterocycles. The van der Waals surface area contributed by atoms with Gasteiger partial charge in [0.2, 0.25) is 5.91 Å². The number of rotatable bonds is 5. The molecule has 22 heavy (non-hydrogen) atoms. The molecule has 1 aromatic rings. The first-order valence-electron chi connectivity index (χ1n) is 7.11. The van der Waals surface area contributed by atoms with E-state index >= 15 is 0 Å². The fraction of sp³-hybridized carbons (Fsp3) is 0.467. The molecule has 0 bridgehead atoms. The van der Waals surface area contributed by atoms with Crippen LogP contribution in [0.2, 0.25) is 0 Å². The van der Waals surface area contributed by atoms with Gasteiger partial charge in [-0.2, -0.15) is 0 Å². The Hall–Kier alpha value is -1.63. The van der Waals surface area contributed by atoms with Crippen molar-refractivity contribution in [2.24, 2.45) is 0 Å². The highest BCUT2D eigenvalue weighted by Crippen LogP contribution is 1.99. The summed E-state index contributed by atoms with van der Waals surface area (Å²) in [5.74, 6) is -0.472. The maximum Gasteiger partial charge on any atom is 0.251 e. The first-order valence-corrected chi connectivity index (χ1v) is 7.11. The van der Waals surface area contributed by atoms with Gasteiger partial charge >= 0.3 is 0 Å². The normalized spacial score (nSPS) is 18.7. The molecule has 1 fully saturated rings. The largest absolute Gasteiger partial charge is 0.366 e. The average Bonchev–Trinajstić information content (AvgIpc) is 2.54. The lowest BCUT2D eigenvalue weighted by Gasteiger charge is -2.24. The van der Waals surface area contributed by atoms with E-state index in [1.165, 1.54) is 0 Å². The maximum atomic E-state index is 12.0. The summed E-state index contributed by atoms with van der Waals surface area (Å²) in [4.78, 5) is 23.9. The van der Waals surface area contributed by atoms with Crippen molar-refractivity contribution < 1.29 is 14.3 Å². The summed E-state index contributed by atoms with van der Waals surface area (Å²) in [6, 6.07) is 9.04. The molecule has 122 valence electrons. The predicted octanol–water partition coefficient (Wildman–Crippen LogP) is 0.218. The van der Waals surface area contributed by atoms with Crippen molar-refractivity contribution >= 4 is 24.2 Å². The molecule has 2 unspecified atom stereocenters. The minimum atomic E-state index is -0.591. The monoisotopic (exact) mass is 327 g/mol. The van der Waals surface area contributed by atoms with E-state index in [2.05, 4.69) is 16.0 Å². The van der Waals surface area contributed by atoms with Crippen molar-refractivity contribution in [1.82, 2.24) is 16.0 Å². The van der Waals surface area contributed by atoms with Gasteiger partial charge < -0.3 is 20.7 Å². The summed E-state index contributed by atoms with van der Waals surface area (Å²) in [5.41, 5.74) is 1.02. The molecule has 0 spiro atoms. The Labute approximate surface area is 136 Å². The Morgan fingerprint density at radius 2 is 2.09 bits per heavy atom. The molecule has 7 heteroatoms. The van der Waals surface area contributed by atoms with Crippen LogP contribution in [0.1, 0.15) is 12.5 Å². The molecule has 2 rings (SSSR count). The van der Waals surface area contributed by atoms with Gasteiger partial charge in [0.1, 0.15) is 12.1 Å². The van der Waals surface area contributed by atoms with E-state index < -0.39 is 12.1 Å². The van der Waals surface area contributed by atoms with E-state index in [9.17, 15) is 9.59 Å². The Kier molecular flexibility index (Phi) is 7.87. The Balaban J connectivity index is 0.00000242. The highest BCUT2D eigenvalue weighted by atomic mass is 35.5. The molecular weight excluding hydrogens is 306 g/mol. The maximum absolute atomic E-state index is 12.0. The molecule has 1 aliphatic rings. The van der Waals surface area contributed by atoms with Gasteiger partial charge in [-0.05, 0) is 12.5 Å². The zero-order valence-electron chi connectivity index (χ0n) is 12.5. The van der Waals surface area contributed by atoms with Gasteiger partial charge in [0.05, 0.1) is 6.61 Å². The third-order valence-electron chi connectivity index (χ3n) is 3.28. The summed E-state index contributed by atoms with van der Waals surface area (Å²) in [6.07, 6.45) is -0.525. The van der Waals surface area contributed by atoms with Gasteiger partial charge in [0.15, 0.2) is 0 Å². The second-order valence-corrected chi connectivity index (χ2v) is 5.00. The van der Waals surface area contributed by atoms with Gasteiger partial charge in [-0.1, -0.05) is 30.3 Å². The van der Waals surface area contributed by atoms with E-state index in [1.54, 1.807) is 6.92 Å². The lowest BCUT2D eigenvalue weighted by Crippen LogP contribution is -2.52. The number of morpholine rings is 1. The van der Waals surface area contributed by atoms with Gasteiger partial charge in [0, 0.05) is 19.6 Å². The van der Waals surface area contributed by atoms with E-state index in [-0.39, 0.29) is 24.2 Å². The van der Waals surface area contributed by atoms with Crippen LogP contribution in [0.15, 0.2) is 30.3 Å². The lowest BCUT2D eigenvalue weighted by atomic mass is 10.2. The highest BCUT2D eigenvalue weighted by Gasteiger charge is 2.24. The first-order chi connectivity index (χ1) is 10.2. The van der Waals surface area contributed by atoms with Gasteiger partial charge in [-0.3, -0.25) is 9.59 Å². The van der Waals surface area contributed by atoms with Crippen LogP contribution in [0.5, 0.6) is 0 Å². The number of benzene rings is 1. The quantitative estimate of drug-likeness (QED) is 0.723. The van der Waals surface area contributed by atoms with Crippen molar-refractivity contribution in [3.05, 3.63) is 35.9 Å². The predicted molar refractivity (Wildman–Crippen MR) is 85.8 cm³/mol. The number of amides is 2. The van der Waals surface area contributed by atoms with Crippen molar-refractivity contribution in [1.29, 1.82) is 0 Å². The Bertz CT molecular complexity index is 478. The average molecular weight is 328 g/mol. The number of halogens is 1. The Morgan fingerprint density at radius 1 is 1.36 bits per heavy atom. The molecule has 0 aliphatic carbocycles. The lowest BCUT2D eigenvalue weighted by molar-refractivity contribution is -0.137. The molecule has 0 radical (unpaired) electrons. The number of nitrogens with one attached hydrogen (secondary N) is 3. The van der Waals surface area contributed by atoms with Crippen molar-refractivity contribution in [2.75, 3.05) is 19.7 Å². The number of carbonyl (C=O) groups is 2. The van der Waals surface area contributed by atoms with Crippen LogP contribution in [-0.4, -0.2) is 43.7 Å². The highest BCUT2D eigenvalue weighted by molar-refractivity contribution is 5.89. The third kappa shape index (κ3) is 5.63. The third-order valence-corrected chi connectivity index (χ3v) is 3.28. The fourth-order valence-corrected chi connectivity index (χ4v) is 2.04. The molecule has 1 saturated heterocycles. The van der Waals surface area contributed by atoms with E-state index in [4.69, 9.17) is 4.74 Å². The van der Waals surface area contributed by atoms with Crippen LogP contribution in [-0.2, 0) is 20.9 Å². The standard InChI is InChI=1S/C15H21N3O3.ClH/c1-11(18-15(20)13-10-16-7-8-21-13)14(19)17-9-12-5-3-2-4-6-12;/h2-6,11,13,16H,7-10H2,1H3,(H,17,19)(H,18,20);1H. The van der Waals surface area contributed by atoms with Gasteiger partial charge in [0.25, 0.3) is 5.91 Å².